The second-order valence-corrected chi connectivity index (χ2v) is 9.22. The summed E-state index contributed by atoms with van der Waals surface area (Å²) in [6.45, 7) is 3.53. The van der Waals surface area contributed by atoms with Crippen LogP contribution < -0.4 is 0 Å². The first-order valence-electron chi connectivity index (χ1n) is 11.1. The summed E-state index contributed by atoms with van der Waals surface area (Å²) in [5, 5.41) is 20.1. The Balaban J connectivity index is 1.47. The molecule has 1 heterocycles. The van der Waals surface area contributed by atoms with E-state index in [9.17, 15) is 19.6 Å². The van der Waals surface area contributed by atoms with Crippen LogP contribution in [-0.4, -0.2) is 35.1 Å². The van der Waals surface area contributed by atoms with Gasteiger partial charge in [-0.15, -0.1) is 0 Å². The fourth-order valence-electron chi connectivity index (χ4n) is 5.80. The molecule has 1 saturated heterocycles. The lowest BCUT2D eigenvalue weighted by molar-refractivity contribution is -0.149. The average molecular weight is 421 g/mol. The zero-order valence-electron chi connectivity index (χ0n) is 17.9. The molecule has 1 aliphatic carbocycles. The lowest BCUT2D eigenvalue weighted by Gasteiger charge is -2.48. The van der Waals surface area contributed by atoms with E-state index < -0.39 is 16.8 Å². The highest BCUT2D eigenvalue weighted by atomic mass is 19.1. The van der Waals surface area contributed by atoms with Crippen LogP contribution in [0.1, 0.15) is 50.2 Å². The predicted molar refractivity (Wildman–Crippen MR) is 117 cm³/mol. The summed E-state index contributed by atoms with van der Waals surface area (Å²) in [6.07, 6.45) is 3.86. The third kappa shape index (κ3) is 3.74. The van der Waals surface area contributed by atoms with Gasteiger partial charge in [0.05, 0.1) is 16.9 Å². The number of benzene rings is 2. The molecule has 162 valence electrons. The Hall–Kier alpha value is -2.71. The number of carboxylic acid groups (broad SMARTS) is 1. The Labute approximate surface area is 183 Å². The number of halogens is 1. The first-order chi connectivity index (χ1) is 14.9. The third-order valence-electron chi connectivity index (χ3n) is 7.75. The average Bonchev–Trinajstić information content (AvgIpc) is 2.80. The number of aliphatic carboxylic acids is 1. The second-order valence-electron chi connectivity index (χ2n) is 9.22. The second kappa shape index (κ2) is 8.43. The molecular weight excluding hydrogens is 391 g/mol. The molecule has 1 N–H and O–H groups in total. The molecule has 1 saturated carbocycles. The summed E-state index contributed by atoms with van der Waals surface area (Å²) in [5.41, 5.74) is 0.381. The molecule has 31 heavy (non-hydrogen) atoms. The van der Waals surface area contributed by atoms with Crippen molar-refractivity contribution >= 4 is 5.97 Å². The summed E-state index contributed by atoms with van der Waals surface area (Å²) >= 11 is 0. The molecule has 2 aliphatic rings. The lowest BCUT2D eigenvalue weighted by Crippen LogP contribution is -2.56. The SMILES string of the molecule is C[C@H]1CN(C2CCC(C#N)(c3ccc(F)cc3)CC2)CC[C@]1(C(=O)O)c1ccccc1. The Bertz CT molecular complexity index is 961. The van der Waals surface area contributed by atoms with Gasteiger partial charge >= 0.3 is 5.97 Å². The normalized spacial score (nSPS) is 31.6. The number of nitriles is 1. The van der Waals surface area contributed by atoms with Crippen LogP contribution in [0.25, 0.3) is 0 Å². The quantitative estimate of drug-likeness (QED) is 0.765. The summed E-state index contributed by atoms with van der Waals surface area (Å²) < 4.78 is 13.3. The molecule has 4 nitrogen and oxygen atoms in total. The Morgan fingerprint density at radius 3 is 2.26 bits per heavy atom. The van der Waals surface area contributed by atoms with E-state index in [-0.39, 0.29) is 11.7 Å². The van der Waals surface area contributed by atoms with Gasteiger partial charge in [-0.2, -0.15) is 5.26 Å². The number of hydrogen-bond acceptors (Lipinski definition) is 3. The molecule has 0 unspecified atom stereocenters. The highest BCUT2D eigenvalue weighted by molar-refractivity contribution is 5.82. The van der Waals surface area contributed by atoms with E-state index in [0.29, 0.717) is 12.5 Å². The maximum atomic E-state index is 13.3. The summed E-state index contributed by atoms with van der Waals surface area (Å²) in [7, 11) is 0. The van der Waals surface area contributed by atoms with Gasteiger partial charge in [-0.3, -0.25) is 4.79 Å². The summed E-state index contributed by atoms with van der Waals surface area (Å²) in [6, 6.07) is 18.8. The molecular formula is C26H29FN2O2. The minimum atomic E-state index is -0.850. The first-order valence-corrected chi connectivity index (χ1v) is 11.1. The number of carboxylic acids is 1. The van der Waals surface area contributed by atoms with Gasteiger partial charge in [0.25, 0.3) is 0 Å². The topological polar surface area (TPSA) is 64.3 Å². The van der Waals surface area contributed by atoms with Gasteiger partial charge in [0.2, 0.25) is 0 Å². The van der Waals surface area contributed by atoms with E-state index in [1.54, 1.807) is 12.1 Å². The van der Waals surface area contributed by atoms with Crippen molar-refractivity contribution in [3.05, 3.63) is 71.5 Å². The van der Waals surface area contributed by atoms with Gasteiger partial charge in [-0.1, -0.05) is 49.4 Å². The van der Waals surface area contributed by atoms with E-state index >= 15 is 0 Å². The molecule has 2 aromatic carbocycles. The molecule has 2 aromatic rings. The monoisotopic (exact) mass is 420 g/mol. The highest BCUT2D eigenvalue weighted by Crippen LogP contribution is 2.44. The molecule has 2 fully saturated rings. The van der Waals surface area contributed by atoms with Crippen LogP contribution in [-0.2, 0) is 15.6 Å². The van der Waals surface area contributed by atoms with E-state index in [1.807, 2.05) is 37.3 Å². The van der Waals surface area contributed by atoms with E-state index in [2.05, 4.69) is 11.0 Å². The van der Waals surface area contributed by atoms with Crippen molar-refractivity contribution in [1.29, 1.82) is 5.26 Å². The molecule has 4 rings (SSSR count). The molecule has 0 spiro atoms. The molecule has 2 atom stereocenters. The molecule has 0 aromatic heterocycles. The first kappa shape index (κ1) is 21.5. The molecule has 0 radical (unpaired) electrons. The molecule has 0 bridgehead atoms. The van der Waals surface area contributed by atoms with Crippen LogP contribution in [0.5, 0.6) is 0 Å². The largest absolute Gasteiger partial charge is 0.481 e. The van der Waals surface area contributed by atoms with E-state index in [0.717, 1.165) is 49.9 Å². The number of carbonyl (C=O) groups is 1. The smallest absolute Gasteiger partial charge is 0.314 e. The van der Waals surface area contributed by atoms with E-state index in [1.165, 1.54) is 12.1 Å². The number of piperidine rings is 1. The summed E-state index contributed by atoms with van der Waals surface area (Å²) in [5.74, 6) is -1.04. The van der Waals surface area contributed by atoms with Crippen molar-refractivity contribution in [2.24, 2.45) is 5.92 Å². The van der Waals surface area contributed by atoms with Crippen LogP contribution in [0.15, 0.2) is 54.6 Å². The standard InChI is InChI=1S/C26H29FN2O2/c1-19-17-29(16-15-26(19,24(30)31)21-5-3-2-4-6-21)23-11-13-25(18-28,14-12-23)20-7-9-22(27)10-8-20/h2-10,19,23H,11-17H2,1H3,(H,30,31)/t19-,23?,25?,26+/m0/s1. The van der Waals surface area contributed by atoms with Gasteiger partial charge < -0.3 is 10.0 Å². The predicted octanol–water partition coefficient (Wildman–Crippen LogP) is 4.89. The number of likely N-dealkylation sites (tertiary alicyclic amines) is 1. The van der Waals surface area contributed by atoms with Gasteiger partial charge in [-0.05, 0) is 67.8 Å². The maximum Gasteiger partial charge on any atom is 0.314 e. The van der Waals surface area contributed by atoms with Gasteiger partial charge in [0.1, 0.15) is 5.82 Å². The van der Waals surface area contributed by atoms with Crippen LogP contribution >= 0.6 is 0 Å². The fraction of sp³-hybridized carbons (Fsp3) is 0.462. The van der Waals surface area contributed by atoms with Crippen LogP contribution in [0.2, 0.25) is 0 Å². The minimum absolute atomic E-state index is 0.0131. The molecule has 0 amide bonds. The number of hydrogen-bond donors (Lipinski definition) is 1. The van der Waals surface area contributed by atoms with Crippen molar-refractivity contribution in [3.63, 3.8) is 0 Å². The van der Waals surface area contributed by atoms with Gasteiger partial charge in [0.15, 0.2) is 0 Å². The zero-order valence-corrected chi connectivity index (χ0v) is 17.9. The fourth-order valence-corrected chi connectivity index (χ4v) is 5.80. The van der Waals surface area contributed by atoms with Crippen molar-refractivity contribution in [2.45, 2.75) is 55.9 Å². The van der Waals surface area contributed by atoms with Crippen molar-refractivity contribution in [3.8, 4) is 6.07 Å². The lowest BCUT2D eigenvalue weighted by atomic mass is 9.65. The maximum absolute atomic E-state index is 13.3. The molecule has 5 heteroatoms. The minimum Gasteiger partial charge on any atom is -0.481 e. The molecule has 1 aliphatic heterocycles. The van der Waals surface area contributed by atoms with Gasteiger partial charge in [0, 0.05) is 12.6 Å². The number of rotatable bonds is 4. The van der Waals surface area contributed by atoms with Crippen LogP contribution in [0, 0.1) is 23.1 Å². The Morgan fingerprint density at radius 1 is 1.06 bits per heavy atom. The summed E-state index contributed by atoms with van der Waals surface area (Å²) in [4.78, 5) is 14.8. The Kier molecular flexibility index (Phi) is 5.85. The van der Waals surface area contributed by atoms with Gasteiger partial charge in [-0.25, -0.2) is 4.39 Å². The van der Waals surface area contributed by atoms with Crippen molar-refractivity contribution < 1.29 is 14.3 Å². The zero-order chi connectivity index (χ0) is 22.1. The van der Waals surface area contributed by atoms with Crippen LogP contribution in [0.3, 0.4) is 0 Å². The number of nitrogens with zero attached hydrogens (tertiary/aromatic N) is 2. The van der Waals surface area contributed by atoms with Crippen molar-refractivity contribution in [1.82, 2.24) is 4.90 Å². The highest BCUT2D eigenvalue weighted by Gasteiger charge is 2.50. The Morgan fingerprint density at radius 2 is 1.71 bits per heavy atom. The van der Waals surface area contributed by atoms with E-state index in [4.69, 9.17) is 0 Å². The third-order valence-corrected chi connectivity index (χ3v) is 7.75. The van der Waals surface area contributed by atoms with Crippen LogP contribution in [0.4, 0.5) is 4.39 Å². The van der Waals surface area contributed by atoms with Crippen molar-refractivity contribution in [2.75, 3.05) is 13.1 Å².